The first-order valence-electron chi connectivity index (χ1n) is 7.24. The van der Waals surface area contributed by atoms with Crippen LogP contribution in [0.4, 0.5) is 4.79 Å². The lowest BCUT2D eigenvalue weighted by molar-refractivity contribution is -0.164. The molecule has 3 rings (SSSR count). The van der Waals surface area contributed by atoms with Crippen LogP contribution in [0, 0.1) is 0 Å². The lowest BCUT2D eigenvalue weighted by Crippen LogP contribution is -2.28. The Morgan fingerprint density at radius 3 is 3.00 bits per heavy atom. The third-order valence-electron chi connectivity index (χ3n) is 3.60. The van der Waals surface area contributed by atoms with Gasteiger partial charge in [0.1, 0.15) is 12.7 Å². The second-order valence-corrected chi connectivity index (χ2v) is 7.22. The maximum atomic E-state index is 11.6. The summed E-state index contributed by atoms with van der Waals surface area (Å²) in [5, 5.41) is 0.750. The van der Waals surface area contributed by atoms with E-state index in [1.807, 2.05) is 0 Å². The average molecular weight is 345 g/mol. The molecule has 1 amide bonds. The largest absolute Gasteiger partial charge is 0.466 e. The molecule has 2 aliphatic rings. The van der Waals surface area contributed by atoms with Crippen LogP contribution in [0.2, 0.25) is 0 Å². The Hall–Kier alpha value is -0.900. The molecule has 1 aromatic heterocycles. The average Bonchev–Trinajstić information content (AvgIpc) is 3.20. The van der Waals surface area contributed by atoms with Gasteiger partial charge in [-0.1, -0.05) is 0 Å². The van der Waals surface area contributed by atoms with E-state index in [1.54, 1.807) is 14.1 Å². The lowest BCUT2D eigenvalue weighted by Gasteiger charge is -2.21. The first-order chi connectivity index (χ1) is 10.6. The van der Waals surface area contributed by atoms with Crippen molar-refractivity contribution < 1.29 is 19.0 Å². The minimum atomic E-state index is -0.367. The molecule has 0 bridgehead atoms. The van der Waals surface area contributed by atoms with Crippen LogP contribution in [0.3, 0.4) is 0 Å². The number of thioether (sulfide) groups is 1. The lowest BCUT2D eigenvalue weighted by atomic mass is 10.2. The molecule has 0 N–H and O–H groups in total. The van der Waals surface area contributed by atoms with Crippen LogP contribution >= 0.6 is 23.3 Å². The third kappa shape index (κ3) is 3.70. The van der Waals surface area contributed by atoms with E-state index in [1.165, 1.54) is 4.90 Å². The molecule has 1 saturated heterocycles. The fraction of sp³-hybridized carbons (Fsp3) is 0.769. The van der Waals surface area contributed by atoms with Gasteiger partial charge in [0.05, 0.1) is 6.61 Å². The van der Waals surface area contributed by atoms with Gasteiger partial charge in [0.15, 0.2) is 5.79 Å². The van der Waals surface area contributed by atoms with Gasteiger partial charge in [-0.2, -0.15) is 9.36 Å². The van der Waals surface area contributed by atoms with Gasteiger partial charge in [-0.05, 0) is 12.8 Å². The first kappa shape index (κ1) is 16.0. The molecule has 7 nitrogen and oxygen atoms in total. The van der Waals surface area contributed by atoms with Crippen LogP contribution in [0.25, 0.3) is 0 Å². The molecule has 22 heavy (non-hydrogen) atoms. The van der Waals surface area contributed by atoms with Crippen LogP contribution in [0.5, 0.6) is 5.19 Å². The SMILES string of the molecule is CN(C)C(=O)Sc1nsc(OCC2COC3(CCCC3)O2)n1. The molecule has 0 radical (unpaired) electrons. The number of carbonyl (C=O) groups is 1. The van der Waals surface area contributed by atoms with E-state index in [0.717, 1.165) is 49.0 Å². The van der Waals surface area contributed by atoms with Gasteiger partial charge in [-0.25, -0.2) is 0 Å². The van der Waals surface area contributed by atoms with E-state index in [4.69, 9.17) is 14.2 Å². The maximum Gasteiger partial charge on any atom is 0.294 e. The second-order valence-electron chi connectivity index (χ2n) is 5.58. The van der Waals surface area contributed by atoms with Crippen molar-refractivity contribution in [2.75, 3.05) is 27.3 Å². The molecule has 2 fully saturated rings. The van der Waals surface area contributed by atoms with Crippen LogP contribution in [-0.2, 0) is 9.47 Å². The Balaban J connectivity index is 1.46. The standard InChI is InChI=1S/C13H19N3O4S2/c1-16(2)12(17)21-10-14-11(22-15-10)18-7-9-8-19-13(20-9)5-3-4-6-13/h9H,3-8H2,1-2H3. The van der Waals surface area contributed by atoms with Crippen molar-refractivity contribution >= 4 is 28.5 Å². The molecular formula is C13H19N3O4S2. The molecule has 0 aromatic carbocycles. The maximum absolute atomic E-state index is 11.6. The van der Waals surface area contributed by atoms with Crippen molar-refractivity contribution in [2.45, 2.75) is 42.7 Å². The highest BCUT2D eigenvalue weighted by molar-refractivity contribution is 8.13. The zero-order valence-electron chi connectivity index (χ0n) is 12.6. The Bertz CT molecular complexity index is 531. The minimum Gasteiger partial charge on any atom is -0.466 e. The van der Waals surface area contributed by atoms with E-state index in [-0.39, 0.29) is 17.1 Å². The topological polar surface area (TPSA) is 73.8 Å². The number of ether oxygens (including phenoxy) is 3. The number of hydrogen-bond acceptors (Lipinski definition) is 8. The molecule has 122 valence electrons. The Labute approximate surface area is 137 Å². The predicted molar refractivity (Wildman–Crippen MR) is 82.4 cm³/mol. The van der Waals surface area contributed by atoms with E-state index < -0.39 is 0 Å². The highest BCUT2D eigenvalue weighted by Crippen LogP contribution is 2.39. The Kier molecular flexibility index (Phi) is 4.86. The summed E-state index contributed by atoms with van der Waals surface area (Å²) in [6, 6.07) is 0. The van der Waals surface area contributed by atoms with E-state index in [9.17, 15) is 4.79 Å². The normalized spacial score (nSPS) is 23.1. The number of aromatic nitrogens is 2. The zero-order valence-corrected chi connectivity index (χ0v) is 14.2. The summed E-state index contributed by atoms with van der Waals surface area (Å²) in [6.07, 6.45) is 4.18. The van der Waals surface area contributed by atoms with E-state index in [0.29, 0.717) is 23.6 Å². The summed E-state index contributed by atoms with van der Waals surface area (Å²) < 4.78 is 21.5. The highest BCUT2D eigenvalue weighted by atomic mass is 32.2. The van der Waals surface area contributed by atoms with Crippen molar-refractivity contribution in [3.05, 3.63) is 0 Å². The molecule has 1 aliphatic carbocycles. The molecule has 1 aliphatic heterocycles. The van der Waals surface area contributed by atoms with Crippen molar-refractivity contribution in [3.63, 3.8) is 0 Å². The molecule has 1 aromatic rings. The summed E-state index contributed by atoms with van der Waals surface area (Å²) in [7, 11) is 3.38. The van der Waals surface area contributed by atoms with Crippen LogP contribution in [0.1, 0.15) is 25.7 Å². The smallest absolute Gasteiger partial charge is 0.294 e. The van der Waals surface area contributed by atoms with Crippen LogP contribution in [0.15, 0.2) is 5.16 Å². The first-order valence-corrected chi connectivity index (χ1v) is 8.83. The minimum absolute atomic E-state index is 0.0680. The van der Waals surface area contributed by atoms with Crippen molar-refractivity contribution in [1.29, 1.82) is 0 Å². The molecule has 9 heteroatoms. The molecule has 1 spiro atoms. The summed E-state index contributed by atoms with van der Waals surface area (Å²) in [5.41, 5.74) is 0. The van der Waals surface area contributed by atoms with Crippen LogP contribution in [-0.4, -0.2) is 58.7 Å². The fourth-order valence-electron chi connectivity index (χ4n) is 2.51. The van der Waals surface area contributed by atoms with E-state index in [2.05, 4.69) is 9.36 Å². The highest BCUT2D eigenvalue weighted by Gasteiger charge is 2.43. The predicted octanol–water partition coefficient (Wildman–Crippen LogP) is 2.38. The summed E-state index contributed by atoms with van der Waals surface area (Å²) in [4.78, 5) is 17.2. The van der Waals surface area contributed by atoms with Crippen molar-refractivity contribution in [1.82, 2.24) is 14.3 Å². The van der Waals surface area contributed by atoms with Gasteiger partial charge in [0.25, 0.3) is 10.4 Å². The van der Waals surface area contributed by atoms with Crippen LogP contribution < -0.4 is 4.74 Å². The van der Waals surface area contributed by atoms with Gasteiger partial charge >= 0.3 is 0 Å². The number of amides is 1. The zero-order chi connectivity index (χ0) is 15.6. The molecule has 1 saturated carbocycles. The molecule has 1 unspecified atom stereocenters. The van der Waals surface area contributed by atoms with Crippen molar-refractivity contribution in [2.24, 2.45) is 0 Å². The van der Waals surface area contributed by atoms with Gasteiger partial charge in [0, 0.05) is 50.2 Å². The summed E-state index contributed by atoms with van der Waals surface area (Å²) in [6.45, 7) is 0.947. The Morgan fingerprint density at radius 1 is 1.50 bits per heavy atom. The number of nitrogens with zero attached hydrogens (tertiary/aromatic N) is 3. The van der Waals surface area contributed by atoms with Gasteiger partial charge < -0.3 is 19.1 Å². The third-order valence-corrected chi connectivity index (χ3v) is 5.25. The number of carbonyl (C=O) groups excluding carboxylic acids is 1. The summed E-state index contributed by atoms with van der Waals surface area (Å²) >= 11 is 2.12. The molecule has 1 atom stereocenters. The van der Waals surface area contributed by atoms with E-state index >= 15 is 0 Å². The number of rotatable bonds is 4. The number of hydrogen-bond donors (Lipinski definition) is 0. The second kappa shape index (κ2) is 6.69. The fourth-order valence-corrected chi connectivity index (χ4v) is 3.74. The Morgan fingerprint density at radius 2 is 2.27 bits per heavy atom. The molecule has 2 heterocycles. The monoisotopic (exact) mass is 345 g/mol. The molecular weight excluding hydrogens is 326 g/mol. The van der Waals surface area contributed by atoms with Gasteiger partial charge in [-0.3, -0.25) is 4.79 Å². The van der Waals surface area contributed by atoms with Gasteiger partial charge in [0.2, 0.25) is 5.16 Å². The van der Waals surface area contributed by atoms with Gasteiger partial charge in [-0.15, -0.1) is 0 Å². The quantitative estimate of drug-likeness (QED) is 0.776. The van der Waals surface area contributed by atoms with Crippen molar-refractivity contribution in [3.8, 4) is 5.19 Å². The summed E-state index contributed by atoms with van der Waals surface area (Å²) in [5.74, 6) is -0.367.